The van der Waals surface area contributed by atoms with Crippen LogP contribution >= 0.6 is 11.3 Å². The summed E-state index contributed by atoms with van der Waals surface area (Å²) in [5, 5.41) is 5.59. The second-order valence-corrected chi connectivity index (χ2v) is 8.02. The molecule has 0 bridgehead atoms. The van der Waals surface area contributed by atoms with Crippen LogP contribution in [0, 0.1) is 5.41 Å². The molecule has 0 radical (unpaired) electrons. The fourth-order valence-corrected chi connectivity index (χ4v) is 3.85. The highest BCUT2D eigenvalue weighted by atomic mass is 32.1. The van der Waals surface area contributed by atoms with E-state index in [1.807, 2.05) is 20.8 Å². The molecule has 3 amide bonds. The number of carbonyl (C=O) groups excluding carboxylic acids is 3. The van der Waals surface area contributed by atoms with Crippen LogP contribution < -0.4 is 10.6 Å². The number of hydrogen-bond donors (Lipinski definition) is 2. The Balaban J connectivity index is 2.40. The number of nitrogens with one attached hydrogen (secondary N) is 2. The number of aryl methyl sites for hydroxylation is 1. The van der Waals surface area contributed by atoms with Gasteiger partial charge in [-0.1, -0.05) is 27.2 Å². The fraction of sp³-hybridized carbons (Fsp3) is 0.588. The first-order valence-corrected chi connectivity index (χ1v) is 8.91. The first-order chi connectivity index (χ1) is 11.2. The first kappa shape index (κ1) is 18.4. The van der Waals surface area contributed by atoms with Crippen molar-refractivity contribution in [2.45, 2.75) is 52.9 Å². The summed E-state index contributed by atoms with van der Waals surface area (Å²) >= 11 is 1.44. The molecule has 0 spiro atoms. The Morgan fingerprint density at radius 3 is 2.38 bits per heavy atom. The van der Waals surface area contributed by atoms with Crippen molar-refractivity contribution in [3.8, 4) is 0 Å². The van der Waals surface area contributed by atoms with E-state index in [1.165, 1.54) is 18.4 Å². The summed E-state index contributed by atoms with van der Waals surface area (Å²) < 4.78 is 4.51. The van der Waals surface area contributed by atoms with E-state index < -0.39 is 17.4 Å². The molecule has 0 fully saturated rings. The molecule has 1 aliphatic carbocycles. The van der Waals surface area contributed by atoms with Gasteiger partial charge >= 0.3 is 6.09 Å². The largest absolute Gasteiger partial charge is 0.453 e. The molecule has 0 atom stereocenters. The summed E-state index contributed by atoms with van der Waals surface area (Å²) in [7, 11) is 1.21. The van der Waals surface area contributed by atoms with Crippen LogP contribution in [0.25, 0.3) is 0 Å². The molecule has 0 aliphatic heterocycles. The van der Waals surface area contributed by atoms with Crippen molar-refractivity contribution in [1.29, 1.82) is 0 Å². The lowest BCUT2D eigenvalue weighted by Gasteiger charge is -2.17. The average molecular weight is 352 g/mol. The van der Waals surface area contributed by atoms with E-state index in [2.05, 4.69) is 15.4 Å². The number of rotatable bonds is 2. The van der Waals surface area contributed by atoms with Crippen LogP contribution in [-0.4, -0.2) is 25.0 Å². The molecule has 1 aromatic heterocycles. The number of ether oxygens (including phenoxy) is 1. The van der Waals surface area contributed by atoms with Crippen LogP contribution in [0.15, 0.2) is 0 Å². The van der Waals surface area contributed by atoms with Gasteiger partial charge in [0.2, 0.25) is 5.91 Å². The fourth-order valence-electron chi connectivity index (χ4n) is 2.57. The van der Waals surface area contributed by atoms with Crippen molar-refractivity contribution in [2.75, 3.05) is 12.4 Å². The minimum Gasteiger partial charge on any atom is -0.453 e. The Bertz CT molecular complexity index is 658. The van der Waals surface area contributed by atoms with Gasteiger partial charge in [-0.05, 0) is 31.2 Å². The average Bonchev–Trinajstić information content (AvgIpc) is 2.67. The smallest absolute Gasteiger partial charge is 0.413 e. The zero-order valence-corrected chi connectivity index (χ0v) is 15.4. The molecule has 1 heterocycles. The maximum Gasteiger partial charge on any atom is 0.413 e. The van der Waals surface area contributed by atoms with Crippen LogP contribution in [0.4, 0.5) is 9.80 Å². The number of carbonyl (C=O) groups is 3. The molecule has 2 rings (SSSR count). The zero-order chi connectivity index (χ0) is 17.9. The Kier molecular flexibility index (Phi) is 5.64. The highest BCUT2D eigenvalue weighted by Crippen LogP contribution is 2.38. The lowest BCUT2D eigenvalue weighted by Crippen LogP contribution is -2.32. The molecule has 0 saturated carbocycles. The molecule has 1 aliphatic rings. The molecule has 24 heavy (non-hydrogen) atoms. The van der Waals surface area contributed by atoms with Crippen LogP contribution in [-0.2, 0) is 22.4 Å². The maximum absolute atomic E-state index is 12.6. The number of fused-ring (bicyclic) bond motifs is 1. The molecular weight excluding hydrogens is 328 g/mol. The number of hydrogen-bond acceptors (Lipinski definition) is 5. The van der Waals surface area contributed by atoms with Gasteiger partial charge < -0.3 is 10.1 Å². The molecule has 0 unspecified atom stereocenters. The minimum atomic E-state index is -0.804. The lowest BCUT2D eigenvalue weighted by molar-refractivity contribution is -0.123. The summed E-state index contributed by atoms with van der Waals surface area (Å²) in [4.78, 5) is 37.4. The molecule has 1 aromatic rings. The quantitative estimate of drug-likeness (QED) is 0.798. The van der Waals surface area contributed by atoms with E-state index in [0.29, 0.717) is 10.6 Å². The van der Waals surface area contributed by atoms with Gasteiger partial charge in [0.05, 0.1) is 12.7 Å². The Hall–Kier alpha value is -1.89. The molecule has 2 N–H and O–H groups in total. The van der Waals surface area contributed by atoms with E-state index in [-0.39, 0.29) is 5.91 Å². The summed E-state index contributed by atoms with van der Waals surface area (Å²) in [5.74, 6) is -0.684. The topological polar surface area (TPSA) is 84.5 Å². The third-order valence-corrected chi connectivity index (χ3v) is 5.16. The number of methoxy groups -OCH3 is 1. The second kappa shape index (κ2) is 7.34. The van der Waals surface area contributed by atoms with Gasteiger partial charge in [0.15, 0.2) is 0 Å². The van der Waals surface area contributed by atoms with Crippen molar-refractivity contribution in [2.24, 2.45) is 5.41 Å². The van der Waals surface area contributed by atoms with Crippen molar-refractivity contribution in [3.63, 3.8) is 0 Å². The van der Waals surface area contributed by atoms with Crippen LogP contribution in [0.5, 0.6) is 0 Å². The van der Waals surface area contributed by atoms with E-state index in [9.17, 15) is 14.4 Å². The number of alkyl carbamates (subject to hydrolysis) is 1. The maximum atomic E-state index is 12.6. The predicted molar refractivity (Wildman–Crippen MR) is 93.5 cm³/mol. The molecule has 7 heteroatoms. The Morgan fingerprint density at radius 2 is 1.75 bits per heavy atom. The summed E-state index contributed by atoms with van der Waals surface area (Å²) in [6, 6.07) is 0. The number of imide groups is 1. The number of amides is 3. The van der Waals surface area contributed by atoms with E-state index in [4.69, 9.17) is 0 Å². The van der Waals surface area contributed by atoms with Crippen LogP contribution in [0.2, 0.25) is 0 Å². The lowest BCUT2D eigenvalue weighted by atomic mass is 9.95. The minimum absolute atomic E-state index is 0.161. The van der Waals surface area contributed by atoms with Gasteiger partial charge in [-0.15, -0.1) is 11.3 Å². The predicted octanol–water partition coefficient (Wildman–Crippen LogP) is 3.50. The van der Waals surface area contributed by atoms with E-state index >= 15 is 0 Å². The van der Waals surface area contributed by atoms with Crippen molar-refractivity contribution < 1.29 is 19.1 Å². The normalized spacial score (nSPS) is 14.3. The second-order valence-electron chi connectivity index (χ2n) is 6.92. The molecule has 0 aromatic carbocycles. The summed E-state index contributed by atoms with van der Waals surface area (Å²) in [6.45, 7) is 5.44. The molecule has 6 nitrogen and oxygen atoms in total. The SMILES string of the molecule is COC(=O)NC(=O)c1c(NC(=O)C(C)(C)C)sc2c1CCCCC2. The van der Waals surface area contributed by atoms with Gasteiger partial charge in [0, 0.05) is 10.3 Å². The van der Waals surface area contributed by atoms with Crippen molar-refractivity contribution in [3.05, 3.63) is 16.0 Å². The molecular formula is C17H24N2O4S. The highest BCUT2D eigenvalue weighted by Gasteiger charge is 2.29. The van der Waals surface area contributed by atoms with Crippen molar-refractivity contribution >= 4 is 34.2 Å². The summed E-state index contributed by atoms with van der Waals surface area (Å²) in [6.07, 6.45) is 4.04. The first-order valence-electron chi connectivity index (χ1n) is 8.09. The van der Waals surface area contributed by atoms with Gasteiger partial charge in [0.1, 0.15) is 5.00 Å². The number of anilines is 1. The molecule has 0 saturated heterocycles. The van der Waals surface area contributed by atoms with Crippen LogP contribution in [0.3, 0.4) is 0 Å². The van der Waals surface area contributed by atoms with Crippen LogP contribution in [0.1, 0.15) is 60.8 Å². The number of thiophene rings is 1. The van der Waals surface area contributed by atoms with Crippen molar-refractivity contribution in [1.82, 2.24) is 5.32 Å². The standard InChI is InChI=1S/C17H24N2O4S/c1-17(2,3)15(21)19-14-12(13(20)18-16(22)23-4)10-8-6-5-7-9-11(10)24-14/h5-9H2,1-4H3,(H,19,21)(H,18,20,22). The summed E-state index contributed by atoms with van der Waals surface area (Å²) in [5.41, 5.74) is 0.778. The van der Waals surface area contributed by atoms with Gasteiger partial charge in [-0.2, -0.15) is 0 Å². The monoisotopic (exact) mass is 352 g/mol. The Morgan fingerprint density at radius 1 is 1.08 bits per heavy atom. The van der Waals surface area contributed by atoms with Gasteiger partial charge in [-0.3, -0.25) is 14.9 Å². The zero-order valence-electron chi connectivity index (χ0n) is 14.6. The molecule has 132 valence electrons. The third kappa shape index (κ3) is 4.14. The highest BCUT2D eigenvalue weighted by molar-refractivity contribution is 7.17. The third-order valence-electron chi connectivity index (χ3n) is 3.96. The van der Waals surface area contributed by atoms with E-state index in [0.717, 1.165) is 42.5 Å². The Labute approximate surface area is 146 Å². The van der Waals surface area contributed by atoms with Gasteiger partial charge in [-0.25, -0.2) is 4.79 Å². The van der Waals surface area contributed by atoms with E-state index in [1.54, 1.807) is 0 Å². The van der Waals surface area contributed by atoms with Gasteiger partial charge in [0.25, 0.3) is 5.91 Å².